The maximum Gasteiger partial charge on any atom is 0.0625 e. The minimum Gasteiger partial charge on any atom is -0.392 e. The van der Waals surface area contributed by atoms with Crippen LogP contribution in [0.5, 0.6) is 0 Å². The van der Waals surface area contributed by atoms with Gasteiger partial charge in [-0.25, -0.2) is 0 Å². The van der Waals surface area contributed by atoms with E-state index in [4.69, 9.17) is 0 Å². The highest BCUT2D eigenvalue weighted by atomic mass is 127. The van der Waals surface area contributed by atoms with Gasteiger partial charge in [0.05, 0.1) is 6.10 Å². The van der Waals surface area contributed by atoms with Crippen molar-refractivity contribution in [3.63, 3.8) is 0 Å². The third kappa shape index (κ3) is 4.45. The molecular weight excluding hydrogens is 263 g/mol. The van der Waals surface area contributed by atoms with Crippen LogP contribution in [0.3, 0.4) is 0 Å². The molecule has 0 aliphatic rings. The molecule has 0 radical (unpaired) electrons. The third-order valence-electron chi connectivity index (χ3n) is 2.24. The fraction of sp³-hybridized carbons (Fsp3) is 0.800. The van der Waals surface area contributed by atoms with Gasteiger partial charge in [0, 0.05) is 0 Å². The third-order valence-corrected chi connectivity index (χ3v) is 2.75. The minimum absolute atomic E-state index is 0.0604. The predicted molar refractivity (Wildman–Crippen MR) is 62.5 cm³/mol. The lowest BCUT2D eigenvalue weighted by molar-refractivity contribution is 0.0461. The molecule has 72 valence electrons. The molecule has 0 spiro atoms. The lowest BCUT2D eigenvalue weighted by atomic mass is 9.81. The molecule has 0 fully saturated rings. The predicted octanol–water partition coefficient (Wildman–Crippen LogP) is 3.51. The molecule has 0 aliphatic carbocycles. The second kappa shape index (κ2) is 5.97. The topological polar surface area (TPSA) is 20.2 Å². The summed E-state index contributed by atoms with van der Waals surface area (Å²) in [6.45, 7) is 6.41. The summed E-state index contributed by atoms with van der Waals surface area (Å²) in [5, 5.41) is 9.78. The van der Waals surface area contributed by atoms with Crippen molar-refractivity contribution in [2.24, 2.45) is 5.41 Å². The number of rotatable bonds is 5. The number of halogens is 1. The van der Waals surface area contributed by atoms with E-state index in [1.807, 2.05) is 10.2 Å². The maximum atomic E-state index is 9.78. The van der Waals surface area contributed by atoms with Crippen LogP contribution >= 0.6 is 22.6 Å². The second-order valence-electron chi connectivity index (χ2n) is 3.85. The highest BCUT2D eigenvalue weighted by Crippen LogP contribution is 2.28. The molecule has 0 rings (SSSR count). The highest BCUT2D eigenvalue weighted by molar-refractivity contribution is 14.1. The van der Waals surface area contributed by atoms with E-state index in [0.29, 0.717) is 0 Å². The second-order valence-corrected chi connectivity index (χ2v) is 4.57. The molecule has 1 unspecified atom stereocenters. The van der Waals surface area contributed by atoms with Crippen LogP contribution in [0.1, 0.15) is 40.0 Å². The Bertz CT molecular complexity index is 141. The van der Waals surface area contributed by atoms with E-state index in [1.54, 1.807) is 0 Å². The molecule has 1 N–H and O–H groups in total. The highest BCUT2D eigenvalue weighted by Gasteiger charge is 2.25. The molecule has 1 nitrogen and oxygen atoms in total. The van der Waals surface area contributed by atoms with Crippen LogP contribution in [0, 0.1) is 5.41 Å². The van der Waals surface area contributed by atoms with Gasteiger partial charge in [-0.2, -0.15) is 0 Å². The maximum absolute atomic E-state index is 9.78. The molecule has 0 aromatic heterocycles. The molecule has 2 heteroatoms. The summed E-state index contributed by atoms with van der Waals surface area (Å²) in [6.07, 6.45) is 4.81. The van der Waals surface area contributed by atoms with Crippen molar-refractivity contribution in [3.05, 3.63) is 10.2 Å². The van der Waals surface area contributed by atoms with Gasteiger partial charge in [0.25, 0.3) is 0 Å². The Balaban J connectivity index is 3.95. The van der Waals surface area contributed by atoms with Gasteiger partial charge in [0.1, 0.15) is 0 Å². The van der Waals surface area contributed by atoms with Crippen LogP contribution in [-0.4, -0.2) is 11.2 Å². The zero-order valence-corrected chi connectivity index (χ0v) is 10.3. The average molecular weight is 282 g/mol. The summed E-state index contributed by atoms with van der Waals surface area (Å²) in [6, 6.07) is 0. The van der Waals surface area contributed by atoms with Gasteiger partial charge in [-0.05, 0) is 22.3 Å². The standard InChI is InChI=1S/C10H19IO/c1-4-7-10(2,3)9(12)6-5-8-11/h5,8-9,12H,4,6-7H2,1-3H3/b8-5+. The Morgan fingerprint density at radius 1 is 1.50 bits per heavy atom. The van der Waals surface area contributed by atoms with Crippen LogP contribution in [0.2, 0.25) is 0 Å². The average Bonchev–Trinajstić information content (AvgIpc) is 2.00. The Morgan fingerprint density at radius 2 is 2.08 bits per heavy atom. The largest absolute Gasteiger partial charge is 0.392 e. The van der Waals surface area contributed by atoms with E-state index in [1.165, 1.54) is 0 Å². The molecule has 1 atom stereocenters. The molecule has 0 saturated heterocycles. The van der Waals surface area contributed by atoms with Crippen molar-refractivity contribution >= 4 is 22.6 Å². The fourth-order valence-electron chi connectivity index (χ4n) is 1.31. The van der Waals surface area contributed by atoms with Crippen LogP contribution in [0.25, 0.3) is 0 Å². The summed E-state index contributed by atoms with van der Waals surface area (Å²) >= 11 is 2.18. The Hall–Kier alpha value is 0.430. The van der Waals surface area contributed by atoms with Gasteiger partial charge >= 0.3 is 0 Å². The van der Waals surface area contributed by atoms with Gasteiger partial charge in [-0.15, -0.1) is 0 Å². The van der Waals surface area contributed by atoms with Crippen molar-refractivity contribution in [1.29, 1.82) is 0 Å². The number of hydrogen-bond donors (Lipinski definition) is 1. The van der Waals surface area contributed by atoms with Gasteiger partial charge in [0.15, 0.2) is 0 Å². The van der Waals surface area contributed by atoms with Crippen molar-refractivity contribution in [3.8, 4) is 0 Å². The van der Waals surface area contributed by atoms with E-state index in [9.17, 15) is 5.11 Å². The van der Waals surface area contributed by atoms with E-state index in [2.05, 4.69) is 43.4 Å². The summed E-state index contributed by atoms with van der Waals surface area (Å²) in [7, 11) is 0. The van der Waals surface area contributed by atoms with Gasteiger partial charge in [-0.3, -0.25) is 0 Å². The summed E-state index contributed by atoms with van der Waals surface area (Å²) in [5.74, 6) is 0. The van der Waals surface area contributed by atoms with Crippen LogP contribution in [0.15, 0.2) is 10.2 Å². The summed E-state index contributed by atoms with van der Waals surface area (Å²) in [4.78, 5) is 0. The first kappa shape index (κ1) is 12.4. The molecule has 0 aromatic rings. The smallest absolute Gasteiger partial charge is 0.0625 e. The SMILES string of the molecule is CCCC(C)(C)C(O)C/C=C/I. The summed E-state index contributed by atoms with van der Waals surface area (Å²) in [5.41, 5.74) is 0.0604. The van der Waals surface area contributed by atoms with Crippen molar-refractivity contribution < 1.29 is 5.11 Å². The molecule has 12 heavy (non-hydrogen) atoms. The van der Waals surface area contributed by atoms with E-state index >= 15 is 0 Å². The first-order valence-electron chi connectivity index (χ1n) is 4.48. The van der Waals surface area contributed by atoms with Gasteiger partial charge < -0.3 is 5.11 Å². The Labute approximate surface area is 89.4 Å². The molecule has 0 aromatic carbocycles. The van der Waals surface area contributed by atoms with Crippen molar-refractivity contribution in [2.75, 3.05) is 0 Å². The first-order valence-corrected chi connectivity index (χ1v) is 5.72. The van der Waals surface area contributed by atoms with Crippen LogP contribution in [-0.2, 0) is 0 Å². The lowest BCUT2D eigenvalue weighted by Gasteiger charge is -2.29. The van der Waals surface area contributed by atoms with E-state index in [-0.39, 0.29) is 11.5 Å². The van der Waals surface area contributed by atoms with Crippen molar-refractivity contribution in [2.45, 2.75) is 46.1 Å². The zero-order chi connectivity index (χ0) is 9.61. The minimum atomic E-state index is -0.205. The number of hydrogen-bond acceptors (Lipinski definition) is 1. The fourth-order valence-corrected chi connectivity index (χ4v) is 1.60. The quantitative estimate of drug-likeness (QED) is 0.765. The Morgan fingerprint density at radius 3 is 2.50 bits per heavy atom. The van der Waals surface area contributed by atoms with Crippen molar-refractivity contribution in [1.82, 2.24) is 0 Å². The van der Waals surface area contributed by atoms with E-state index in [0.717, 1.165) is 19.3 Å². The number of aliphatic hydroxyl groups is 1. The van der Waals surface area contributed by atoms with Crippen LogP contribution < -0.4 is 0 Å². The summed E-state index contributed by atoms with van der Waals surface area (Å²) < 4.78 is 1.96. The normalized spacial score (nSPS) is 15.4. The molecule has 0 saturated carbocycles. The lowest BCUT2D eigenvalue weighted by Crippen LogP contribution is -2.28. The number of aliphatic hydroxyl groups excluding tert-OH is 1. The molecule has 0 amide bonds. The van der Waals surface area contributed by atoms with Gasteiger partial charge in [-0.1, -0.05) is 55.9 Å². The molecule has 0 heterocycles. The van der Waals surface area contributed by atoms with Gasteiger partial charge in [0.2, 0.25) is 0 Å². The van der Waals surface area contributed by atoms with Crippen LogP contribution in [0.4, 0.5) is 0 Å². The molecule has 0 aliphatic heterocycles. The zero-order valence-electron chi connectivity index (χ0n) is 8.18. The Kier molecular flexibility index (Phi) is 6.19. The van der Waals surface area contributed by atoms with E-state index < -0.39 is 0 Å². The monoisotopic (exact) mass is 282 g/mol. The first-order chi connectivity index (χ1) is 5.54. The molecule has 0 bridgehead atoms. The molecular formula is C10H19IO.